The Labute approximate surface area is 173 Å². The van der Waals surface area contributed by atoms with Gasteiger partial charge in [0.05, 0.1) is 16.8 Å². The predicted molar refractivity (Wildman–Crippen MR) is 120 cm³/mol. The monoisotopic (exact) mass is 386 g/mol. The summed E-state index contributed by atoms with van der Waals surface area (Å²) in [5.74, 6) is 1.47. The van der Waals surface area contributed by atoms with Gasteiger partial charge in [0.2, 0.25) is 0 Å². The van der Waals surface area contributed by atoms with Crippen molar-refractivity contribution in [1.29, 1.82) is 0 Å². The Morgan fingerprint density at radius 2 is 1.76 bits per heavy atom. The number of amides is 1. The lowest BCUT2D eigenvalue weighted by atomic mass is 9.97. The molecular weight excluding hydrogens is 356 g/mol. The van der Waals surface area contributed by atoms with Crippen molar-refractivity contribution in [1.82, 2.24) is 9.88 Å². The SMILES string of the molecule is CC(C)Cc1ccc(-c2cc(C(=O)N3CCC(C)CC3)c3ccccc3n2)cc1. The molecule has 150 valence electrons. The molecule has 1 fully saturated rings. The number of piperidine rings is 1. The molecule has 1 aliphatic rings. The summed E-state index contributed by atoms with van der Waals surface area (Å²) in [5, 5.41) is 0.941. The molecule has 0 radical (unpaired) electrons. The van der Waals surface area contributed by atoms with E-state index in [0.717, 1.165) is 60.1 Å². The summed E-state index contributed by atoms with van der Waals surface area (Å²) in [4.78, 5) is 20.3. The van der Waals surface area contributed by atoms with Crippen molar-refractivity contribution < 1.29 is 4.79 Å². The Bertz CT molecular complexity index is 999. The average molecular weight is 387 g/mol. The largest absolute Gasteiger partial charge is 0.339 e. The molecule has 4 rings (SSSR count). The van der Waals surface area contributed by atoms with Gasteiger partial charge in [-0.05, 0) is 48.8 Å². The fourth-order valence-corrected chi connectivity index (χ4v) is 4.17. The normalized spacial score (nSPS) is 15.2. The van der Waals surface area contributed by atoms with Crippen LogP contribution in [-0.2, 0) is 6.42 Å². The number of aromatic nitrogens is 1. The lowest BCUT2D eigenvalue weighted by molar-refractivity contribution is 0.0699. The fourth-order valence-electron chi connectivity index (χ4n) is 4.17. The number of rotatable bonds is 4. The first-order chi connectivity index (χ1) is 14.0. The fraction of sp³-hybridized carbons (Fsp3) is 0.385. The maximum absolute atomic E-state index is 13.4. The highest BCUT2D eigenvalue weighted by atomic mass is 16.2. The second kappa shape index (κ2) is 8.36. The van der Waals surface area contributed by atoms with E-state index in [0.29, 0.717) is 11.8 Å². The Morgan fingerprint density at radius 3 is 2.45 bits per heavy atom. The van der Waals surface area contributed by atoms with Crippen LogP contribution < -0.4 is 0 Å². The first-order valence-corrected chi connectivity index (χ1v) is 10.8. The van der Waals surface area contributed by atoms with E-state index in [1.807, 2.05) is 35.2 Å². The molecule has 2 heterocycles. The van der Waals surface area contributed by atoms with Crippen LogP contribution in [0, 0.1) is 11.8 Å². The first-order valence-electron chi connectivity index (χ1n) is 10.8. The Hall–Kier alpha value is -2.68. The average Bonchev–Trinajstić information content (AvgIpc) is 2.73. The molecule has 3 aromatic rings. The zero-order valence-corrected chi connectivity index (χ0v) is 17.7. The molecule has 0 N–H and O–H groups in total. The highest BCUT2D eigenvalue weighted by Gasteiger charge is 2.23. The summed E-state index contributed by atoms with van der Waals surface area (Å²) in [6, 6.07) is 18.6. The van der Waals surface area contributed by atoms with Crippen LogP contribution in [0.25, 0.3) is 22.2 Å². The van der Waals surface area contributed by atoms with Crippen molar-refractivity contribution in [3.05, 3.63) is 65.7 Å². The number of nitrogens with zero attached hydrogens (tertiary/aromatic N) is 2. The zero-order valence-electron chi connectivity index (χ0n) is 17.7. The van der Waals surface area contributed by atoms with Crippen LogP contribution >= 0.6 is 0 Å². The lowest BCUT2D eigenvalue weighted by Gasteiger charge is -2.30. The van der Waals surface area contributed by atoms with E-state index in [1.54, 1.807) is 0 Å². The maximum Gasteiger partial charge on any atom is 0.254 e. The molecule has 29 heavy (non-hydrogen) atoms. The number of pyridine rings is 1. The lowest BCUT2D eigenvalue weighted by Crippen LogP contribution is -2.38. The first kappa shape index (κ1) is 19.6. The van der Waals surface area contributed by atoms with E-state index in [1.165, 1.54) is 5.56 Å². The van der Waals surface area contributed by atoms with Gasteiger partial charge in [0.15, 0.2) is 0 Å². The Kier molecular flexibility index (Phi) is 5.66. The Morgan fingerprint density at radius 1 is 1.07 bits per heavy atom. The van der Waals surface area contributed by atoms with Crippen LogP contribution in [0.4, 0.5) is 0 Å². The summed E-state index contributed by atoms with van der Waals surface area (Å²) in [6.45, 7) is 8.42. The number of para-hydroxylation sites is 1. The van der Waals surface area contributed by atoms with E-state index in [4.69, 9.17) is 4.98 Å². The zero-order chi connectivity index (χ0) is 20.4. The summed E-state index contributed by atoms with van der Waals surface area (Å²) in [7, 11) is 0. The minimum absolute atomic E-state index is 0.133. The number of benzene rings is 2. The second-order valence-corrected chi connectivity index (χ2v) is 8.84. The predicted octanol–water partition coefficient (Wildman–Crippen LogP) is 5.97. The van der Waals surface area contributed by atoms with Crippen molar-refractivity contribution in [3.63, 3.8) is 0 Å². The van der Waals surface area contributed by atoms with Gasteiger partial charge >= 0.3 is 0 Å². The second-order valence-electron chi connectivity index (χ2n) is 8.84. The number of hydrogen-bond acceptors (Lipinski definition) is 2. The van der Waals surface area contributed by atoms with Crippen molar-refractivity contribution in [3.8, 4) is 11.3 Å². The Balaban J connectivity index is 1.72. The summed E-state index contributed by atoms with van der Waals surface area (Å²) in [5.41, 5.74) is 4.91. The topological polar surface area (TPSA) is 33.2 Å². The van der Waals surface area contributed by atoms with Crippen LogP contribution in [0.1, 0.15) is 49.5 Å². The number of fused-ring (bicyclic) bond motifs is 1. The molecule has 1 amide bonds. The van der Waals surface area contributed by atoms with E-state index in [-0.39, 0.29) is 5.91 Å². The standard InChI is InChI=1S/C26H30N2O/c1-18(2)16-20-8-10-21(11-9-20)25-17-23(22-6-4-5-7-24(22)27-25)26(29)28-14-12-19(3)13-15-28/h4-11,17-19H,12-16H2,1-3H3. The third-order valence-electron chi connectivity index (χ3n) is 5.91. The van der Waals surface area contributed by atoms with Crippen LogP contribution in [-0.4, -0.2) is 28.9 Å². The molecule has 3 nitrogen and oxygen atoms in total. The third-order valence-corrected chi connectivity index (χ3v) is 5.91. The molecule has 0 bridgehead atoms. The smallest absolute Gasteiger partial charge is 0.254 e. The van der Waals surface area contributed by atoms with Crippen molar-refractivity contribution >= 4 is 16.8 Å². The van der Waals surface area contributed by atoms with Gasteiger partial charge in [0, 0.05) is 24.0 Å². The molecular formula is C26H30N2O. The summed E-state index contributed by atoms with van der Waals surface area (Å²) < 4.78 is 0. The number of hydrogen-bond donors (Lipinski definition) is 0. The molecule has 0 atom stereocenters. The molecule has 1 saturated heterocycles. The summed E-state index contributed by atoms with van der Waals surface area (Å²) in [6.07, 6.45) is 3.24. The van der Waals surface area contributed by atoms with Crippen LogP contribution in [0.15, 0.2) is 54.6 Å². The van der Waals surface area contributed by atoms with Gasteiger partial charge in [-0.15, -0.1) is 0 Å². The maximum atomic E-state index is 13.4. The van der Waals surface area contributed by atoms with E-state index in [9.17, 15) is 4.79 Å². The minimum Gasteiger partial charge on any atom is -0.339 e. The molecule has 0 aliphatic carbocycles. The summed E-state index contributed by atoms with van der Waals surface area (Å²) >= 11 is 0. The van der Waals surface area contributed by atoms with Crippen molar-refractivity contribution in [2.24, 2.45) is 11.8 Å². The van der Waals surface area contributed by atoms with Gasteiger partial charge in [0.25, 0.3) is 5.91 Å². The van der Waals surface area contributed by atoms with Gasteiger partial charge in [-0.25, -0.2) is 4.98 Å². The quantitative estimate of drug-likeness (QED) is 0.553. The van der Waals surface area contributed by atoms with Gasteiger partial charge < -0.3 is 4.90 Å². The minimum atomic E-state index is 0.133. The van der Waals surface area contributed by atoms with Gasteiger partial charge in [-0.1, -0.05) is 63.2 Å². The number of carbonyl (C=O) groups excluding carboxylic acids is 1. The van der Waals surface area contributed by atoms with Crippen LogP contribution in [0.3, 0.4) is 0 Å². The van der Waals surface area contributed by atoms with Crippen LogP contribution in [0.5, 0.6) is 0 Å². The number of carbonyl (C=O) groups is 1. The van der Waals surface area contributed by atoms with E-state index in [2.05, 4.69) is 45.0 Å². The van der Waals surface area contributed by atoms with Crippen LogP contribution in [0.2, 0.25) is 0 Å². The highest BCUT2D eigenvalue weighted by molar-refractivity contribution is 6.07. The van der Waals surface area contributed by atoms with Gasteiger partial charge in [0.1, 0.15) is 0 Å². The van der Waals surface area contributed by atoms with Gasteiger partial charge in [-0.3, -0.25) is 4.79 Å². The van der Waals surface area contributed by atoms with Crippen molar-refractivity contribution in [2.45, 2.75) is 40.0 Å². The highest BCUT2D eigenvalue weighted by Crippen LogP contribution is 2.28. The van der Waals surface area contributed by atoms with E-state index >= 15 is 0 Å². The van der Waals surface area contributed by atoms with E-state index < -0.39 is 0 Å². The molecule has 3 heteroatoms. The third kappa shape index (κ3) is 4.34. The molecule has 1 aromatic heterocycles. The van der Waals surface area contributed by atoms with Gasteiger partial charge in [-0.2, -0.15) is 0 Å². The molecule has 0 unspecified atom stereocenters. The van der Waals surface area contributed by atoms with Crippen molar-refractivity contribution in [2.75, 3.05) is 13.1 Å². The number of likely N-dealkylation sites (tertiary alicyclic amines) is 1. The molecule has 1 aliphatic heterocycles. The molecule has 2 aromatic carbocycles. The molecule has 0 saturated carbocycles. The molecule has 0 spiro atoms.